The van der Waals surface area contributed by atoms with E-state index in [4.69, 9.17) is 0 Å². The van der Waals surface area contributed by atoms with Crippen LogP contribution >= 0.6 is 11.8 Å². The number of thioether (sulfide) groups is 1. The molecule has 2 rings (SSSR count). The molecule has 0 spiro atoms. The second kappa shape index (κ2) is 8.18. The van der Waals surface area contributed by atoms with Crippen LogP contribution in [-0.2, 0) is 16.6 Å². The molecule has 2 aromatic rings. The largest absolute Gasteiger partial charge is 0.507 e. The van der Waals surface area contributed by atoms with Crippen molar-refractivity contribution in [2.24, 2.45) is 0 Å². The Hall–Kier alpha value is -1.98. The van der Waals surface area contributed by atoms with Gasteiger partial charge in [0.1, 0.15) is 5.75 Å². The lowest BCUT2D eigenvalue weighted by Gasteiger charge is -2.28. The van der Waals surface area contributed by atoms with Crippen LogP contribution in [0, 0.1) is 0 Å². The van der Waals surface area contributed by atoms with E-state index in [1.54, 1.807) is 23.9 Å². The summed E-state index contributed by atoms with van der Waals surface area (Å²) in [5.41, 5.74) is 3.14. The zero-order chi connectivity index (χ0) is 21.3. The topological polar surface area (TPSA) is 60.8 Å². The van der Waals surface area contributed by atoms with Crippen molar-refractivity contribution in [1.82, 2.24) is 5.06 Å². The number of nitrogens with zero attached hydrogens (tertiary/aromatic N) is 1. The van der Waals surface area contributed by atoms with Crippen molar-refractivity contribution >= 4 is 17.7 Å². The van der Waals surface area contributed by atoms with Crippen molar-refractivity contribution < 1.29 is 15.1 Å². The molecule has 2 N–H and O–H groups in total. The first-order chi connectivity index (χ1) is 12.8. The SMILES string of the molecule is CN(O)C(=O)c1ccc(CSc2cc(C(C)(C)C)c(O)c(C(C)(C)C)c2)cc1. The van der Waals surface area contributed by atoms with Crippen LogP contribution in [0.15, 0.2) is 41.3 Å². The molecule has 2 aromatic carbocycles. The number of hydroxylamine groups is 2. The molecule has 0 aliphatic heterocycles. The summed E-state index contributed by atoms with van der Waals surface area (Å²) in [7, 11) is 1.32. The number of aromatic hydroxyl groups is 1. The van der Waals surface area contributed by atoms with Crippen LogP contribution in [0.2, 0.25) is 0 Å². The monoisotopic (exact) mass is 401 g/mol. The van der Waals surface area contributed by atoms with Crippen molar-refractivity contribution in [3.8, 4) is 5.75 Å². The number of hydrogen-bond donors (Lipinski definition) is 2. The van der Waals surface area contributed by atoms with Gasteiger partial charge in [-0.05, 0) is 40.7 Å². The molecule has 0 aliphatic carbocycles. The van der Waals surface area contributed by atoms with Gasteiger partial charge in [-0.2, -0.15) is 0 Å². The molecule has 0 bridgehead atoms. The molecule has 0 heterocycles. The maximum Gasteiger partial charge on any atom is 0.276 e. The lowest BCUT2D eigenvalue weighted by atomic mass is 9.79. The summed E-state index contributed by atoms with van der Waals surface area (Å²) >= 11 is 1.71. The van der Waals surface area contributed by atoms with E-state index >= 15 is 0 Å². The third kappa shape index (κ3) is 5.30. The van der Waals surface area contributed by atoms with Crippen LogP contribution in [-0.4, -0.2) is 28.3 Å². The second-order valence-electron chi connectivity index (χ2n) is 9.18. The Bertz CT molecular complexity index is 809. The van der Waals surface area contributed by atoms with Crippen molar-refractivity contribution in [3.05, 3.63) is 58.7 Å². The standard InChI is InChI=1S/C23H31NO3S/c1-22(2,3)18-12-17(13-19(20(18)25)23(4,5)6)28-14-15-8-10-16(11-9-15)21(26)24(7)27/h8-13,25,27H,14H2,1-7H3. The van der Waals surface area contributed by atoms with Crippen LogP contribution in [0.25, 0.3) is 0 Å². The Morgan fingerprint density at radius 1 is 0.964 bits per heavy atom. The van der Waals surface area contributed by atoms with Gasteiger partial charge >= 0.3 is 0 Å². The Balaban J connectivity index is 2.28. The predicted octanol–water partition coefficient (Wildman–Crippen LogP) is 5.74. The van der Waals surface area contributed by atoms with E-state index in [2.05, 4.69) is 53.7 Å². The van der Waals surface area contributed by atoms with Crippen molar-refractivity contribution in [3.63, 3.8) is 0 Å². The number of phenols is 1. The van der Waals surface area contributed by atoms with E-state index in [1.807, 2.05) is 12.1 Å². The van der Waals surface area contributed by atoms with E-state index in [9.17, 15) is 15.1 Å². The quantitative estimate of drug-likeness (QED) is 0.389. The second-order valence-corrected chi connectivity index (χ2v) is 10.2. The maximum absolute atomic E-state index is 11.8. The summed E-state index contributed by atoms with van der Waals surface area (Å²) in [4.78, 5) is 12.9. The minimum absolute atomic E-state index is 0.154. The molecule has 0 saturated heterocycles. The fourth-order valence-electron chi connectivity index (χ4n) is 2.93. The molecule has 0 unspecified atom stereocenters. The molecule has 0 atom stereocenters. The molecular formula is C23H31NO3S. The lowest BCUT2D eigenvalue weighted by Crippen LogP contribution is -2.22. The average molecular weight is 402 g/mol. The summed E-state index contributed by atoms with van der Waals surface area (Å²) in [6, 6.07) is 11.4. The van der Waals surface area contributed by atoms with Gasteiger partial charge in [0.05, 0.1) is 0 Å². The van der Waals surface area contributed by atoms with Crippen LogP contribution < -0.4 is 0 Å². The van der Waals surface area contributed by atoms with Gasteiger partial charge in [-0.25, -0.2) is 5.06 Å². The van der Waals surface area contributed by atoms with Crippen LogP contribution in [0.5, 0.6) is 5.75 Å². The smallest absolute Gasteiger partial charge is 0.276 e. The molecule has 0 saturated carbocycles. The van der Waals surface area contributed by atoms with Crippen molar-refractivity contribution in [1.29, 1.82) is 0 Å². The summed E-state index contributed by atoms with van der Waals surface area (Å²) in [5, 5.41) is 20.7. The van der Waals surface area contributed by atoms with Gasteiger partial charge in [-0.1, -0.05) is 53.7 Å². The van der Waals surface area contributed by atoms with Crippen molar-refractivity contribution in [2.75, 3.05) is 7.05 Å². The highest BCUT2D eigenvalue weighted by Crippen LogP contribution is 2.42. The van der Waals surface area contributed by atoms with E-state index in [0.717, 1.165) is 27.3 Å². The van der Waals surface area contributed by atoms with Gasteiger partial charge in [0.25, 0.3) is 5.91 Å². The van der Waals surface area contributed by atoms with E-state index < -0.39 is 5.91 Å². The van der Waals surface area contributed by atoms with Gasteiger partial charge in [0.2, 0.25) is 0 Å². The van der Waals surface area contributed by atoms with E-state index in [0.29, 0.717) is 16.4 Å². The highest BCUT2D eigenvalue weighted by Gasteiger charge is 2.26. The van der Waals surface area contributed by atoms with Crippen LogP contribution in [0.3, 0.4) is 0 Å². The van der Waals surface area contributed by atoms with Crippen molar-refractivity contribution in [2.45, 2.75) is 63.0 Å². The number of rotatable bonds is 4. The Morgan fingerprint density at radius 3 is 1.82 bits per heavy atom. The first-order valence-electron chi connectivity index (χ1n) is 9.37. The third-order valence-corrected chi connectivity index (χ3v) is 5.65. The average Bonchev–Trinajstić information content (AvgIpc) is 2.58. The third-order valence-electron chi connectivity index (χ3n) is 4.60. The Morgan fingerprint density at radius 2 is 1.43 bits per heavy atom. The van der Waals surface area contributed by atoms with Gasteiger partial charge in [0.15, 0.2) is 0 Å². The molecule has 4 nitrogen and oxygen atoms in total. The fraction of sp³-hybridized carbons (Fsp3) is 0.435. The molecule has 1 amide bonds. The summed E-state index contributed by atoms with van der Waals surface area (Å²) in [6.45, 7) is 12.6. The van der Waals surface area contributed by atoms with Crippen LogP contribution in [0.1, 0.15) is 68.6 Å². The summed E-state index contributed by atoms with van der Waals surface area (Å²) in [5.74, 6) is 0.712. The number of carbonyl (C=O) groups is 1. The Labute approximate surface area is 172 Å². The number of amides is 1. The highest BCUT2D eigenvalue weighted by molar-refractivity contribution is 7.98. The summed E-state index contributed by atoms with van der Waals surface area (Å²) < 4.78 is 0. The molecular weight excluding hydrogens is 370 g/mol. The number of carbonyl (C=O) groups excluding carboxylic acids is 1. The van der Waals surface area contributed by atoms with E-state index in [-0.39, 0.29) is 10.8 Å². The molecule has 5 heteroatoms. The highest BCUT2D eigenvalue weighted by atomic mass is 32.2. The molecule has 0 radical (unpaired) electrons. The molecule has 0 fully saturated rings. The molecule has 28 heavy (non-hydrogen) atoms. The number of hydrogen-bond acceptors (Lipinski definition) is 4. The lowest BCUT2D eigenvalue weighted by molar-refractivity contribution is -0.0374. The first kappa shape index (κ1) is 22.3. The van der Waals surface area contributed by atoms with Gasteiger partial charge in [0, 0.05) is 34.4 Å². The number of phenolic OH excluding ortho intramolecular Hbond substituents is 1. The Kier molecular flexibility index (Phi) is 6.51. The molecule has 152 valence electrons. The minimum Gasteiger partial charge on any atom is -0.507 e. The molecule has 0 aliphatic rings. The molecule has 0 aromatic heterocycles. The minimum atomic E-state index is -0.428. The maximum atomic E-state index is 11.8. The zero-order valence-corrected chi connectivity index (χ0v) is 18.6. The predicted molar refractivity (Wildman–Crippen MR) is 115 cm³/mol. The van der Waals surface area contributed by atoms with Gasteiger partial charge in [-0.3, -0.25) is 10.0 Å². The van der Waals surface area contributed by atoms with Gasteiger partial charge < -0.3 is 5.11 Å². The van der Waals surface area contributed by atoms with Gasteiger partial charge in [-0.15, -0.1) is 11.8 Å². The number of benzene rings is 2. The van der Waals surface area contributed by atoms with E-state index in [1.165, 1.54) is 7.05 Å². The summed E-state index contributed by atoms with van der Waals surface area (Å²) in [6.07, 6.45) is 0. The zero-order valence-electron chi connectivity index (χ0n) is 17.8. The normalized spacial score (nSPS) is 12.1. The van der Waals surface area contributed by atoms with Crippen LogP contribution in [0.4, 0.5) is 0 Å². The first-order valence-corrected chi connectivity index (χ1v) is 10.4. The fourth-order valence-corrected chi connectivity index (χ4v) is 3.86.